The second-order valence-corrected chi connectivity index (χ2v) is 6.39. The topological polar surface area (TPSA) is 20.3 Å². The minimum absolute atomic E-state index is 0.288. The Hall–Kier alpha value is -0.960. The summed E-state index contributed by atoms with van der Waals surface area (Å²) in [6.07, 6.45) is 3.16. The van der Waals surface area contributed by atoms with E-state index >= 15 is 0 Å². The van der Waals surface area contributed by atoms with Crippen molar-refractivity contribution in [3.63, 3.8) is 0 Å². The Morgan fingerprint density at radius 2 is 1.89 bits per heavy atom. The molecule has 1 aromatic carbocycles. The number of carbonyl (C=O) groups is 1. The van der Waals surface area contributed by atoms with Gasteiger partial charge < -0.3 is 4.90 Å². The average molecular weight is 261 g/mol. The molecule has 3 rings (SSSR count). The zero-order chi connectivity index (χ0) is 12.4. The first-order valence-electron chi connectivity index (χ1n) is 6.78. The summed E-state index contributed by atoms with van der Waals surface area (Å²) in [5.74, 6) is 2.99. The van der Waals surface area contributed by atoms with Crippen molar-refractivity contribution in [2.24, 2.45) is 5.92 Å². The van der Waals surface area contributed by atoms with Crippen molar-refractivity contribution in [3.8, 4) is 0 Å². The molecule has 0 unspecified atom stereocenters. The fourth-order valence-electron chi connectivity index (χ4n) is 2.89. The quantitative estimate of drug-likeness (QED) is 0.774. The van der Waals surface area contributed by atoms with Gasteiger partial charge in [0.15, 0.2) is 0 Å². The van der Waals surface area contributed by atoms with Crippen LogP contribution in [0.4, 0.5) is 0 Å². The van der Waals surface area contributed by atoms with Crippen molar-refractivity contribution in [1.82, 2.24) is 4.90 Å². The van der Waals surface area contributed by atoms with Crippen LogP contribution in [0.3, 0.4) is 0 Å². The fourth-order valence-corrected chi connectivity index (χ4v) is 3.99. The number of nitrogens with zero attached hydrogens (tertiary/aromatic N) is 1. The third-order valence-corrected chi connectivity index (χ3v) is 5.06. The lowest BCUT2D eigenvalue weighted by molar-refractivity contribution is -0.136. The largest absolute Gasteiger partial charge is 0.338 e. The minimum Gasteiger partial charge on any atom is -0.338 e. The summed E-state index contributed by atoms with van der Waals surface area (Å²) in [4.78, 5) is 14.6. The van der Waals surface area contributed by atoms with E-state index in [4.69, 9.17) is 0 Å². The van der Waals surface area contributed by atoms with Gasteiger partial charge in [-0.25, -0.2) is 0 Å². The van der Waals surface area contributed by atoms with Crippen LogP contribution in [0.1, 0.15) is 24.0 Å². The van der Waals surface area contributed by atoms with Gasteiger partial charge in [0, 0.05) is 19.0 Å². The molecule has 0 aromatic heterocycles. The zero-order valence-electron chi connectivity index (χ0n) is 10.6. The summed E-state index contributed by atoms with van der Waals surface area (Å²) in [5.41, 5.74) is 2.75. The standard InChI is InChI=1S/C15H19NOS/c17-15(13-6-9-18-10-7-13)16-8-5-12-3-1-2-4-14(12)11-16/h1-4,13H,5-11H2. The maximum Gasteiger partial charge on any atom is 0.226 e. The zero-order valence-corrected chi connectivity index (χ0v) is 11.4. The SMILES string of the molecule is O=C(C1CCSCC1)N1CCc2ccccc2C1. The third-order valence-electron chi connectivity index (χ3n) is 4.01. The van der Waals surface area contributed by atoms with Crippen LogP contribution in [0.5, 0.6) is 0 Å². The van der Waals surface area contributed by atoms with E-state index in [9.17, 15) is 4.79 Å². The first kappa shape index (κ1) is 12.1. The summed E-state index contributed by atoms with van der Waals surface area (Å²) in [7, 11) is 0. The number of thioether (sulfide) groups is 1. The normalized spacial score (nSPS) is 20.6. The summed E-state index contributed by atoms with van der Waals surface area (Å²) in [5, 5.41) is 0. The molecule has 0 saturated carbocycles. The molecular formula is C15H19NOS. The first-order valence-corrected chi connectivity index (χ1v) is 7.93. The predicted molar refractivity (Wildman–Crippen MR) is 75.6 cm³/mol. The van der Waals surface area contributed by atoms with Gasteiger partial charge in [0.05, 0.1) is 0 Å². The lowest BCUT2D eigenvalue weighted by Crippen LogP contribution is -2.40. The summed E-state index contributed by atoms with van der Waals surface area (Å²) in [6, 6.07) is 8.51. The number of benzene rings is 1. The van der Waals surface area contributed by atoms with Gasteiger partial charge in [0.2, 0.25) is 5.91 Å². The van der Waals surface area contributed by atoms with Crippen LogP contribution < -0.4 is 0 Å². The molecule has 0 radical (unpaired) electrons. The molecule has 0 spiro atoms. The number of rotatable bonds is 1. The van der Waals surface area contributed by atoms with Gasteiger partial charge in [0.1, 0.15) is 0 Å². The number of carbonyl (C=O) groups excluding carboxylic acids is 1. The maximum atomic E-state index is 12.5. The molecule has 0 bridgehead atoms. The van der Waals surface area contributed by atoms with Crippen LogP contribution in [-0.4, -0.2) is 28.9 Å². The monoisotopic (exact) mass is 261 g/mol. The molecule has 0 atom stereocenters. The Kier molecular flexibility index (Phi) is 3.59. The summed E-state index contributed by atoms with van der Waals surface area (Å²) < 4.78 is 0. The van der Waals surface area contributed by atoms with Crippen molar-refractivity contribution in [3.05, 3.63) is 35.4 Å². The van der Waals surface area contributed by atoms with E-state index in [-0.39, 0.29) is 5.92 Å². The van der Waals surface area contributed by atoms with Gasteiger partial charge in [-0.15, -0.1) is 0 Å². The number of fused-ring (bicyclic) bond motifs is 1. The van der Waals surface area contributed by atoms with Crippen LogP contribution in [-0.2, 0) is 17.8 Å². The molecule has 2 aliphatic rings. The highest BCUT2D eigenvalue weighted by Crippen LogP contribution is 2.27. The van der Waals surface area contributed by atoms with E-state index in [0.29, 0.717) is 5.91 Å². The summed E-state index contributed by atoms with van der Waals surface area (Å²) >= 11 is 1.98. The van der Waals surface area contributed by atoms with Crippen LogP contribution in [0.25, 0.3) is 0 Å². The van der Waals surface area contributed by atoms with Crippen LogP contribution in [0.15, 0.2) is 24.3 Å². The Balaban J connectivity index is 1.69. The molecule has 2 nitrogen and oxygen atoms in total. The van der Waals surface area contributed by atoms with Crippen molar-refractivity contribution in [2.75, 3.05) is 18.1 Å². The Morgan fingerprint density at radius 3 is 2.67 bits per heavy atom. The second-order valence-electron chi connectivity index (χ2n) is 5.17. The average Bonchev–Trinajstić information content (AvgIpc) is 2.47. The lowest BCUT2D eigenvalue weighted by atomic mass is 9.96. The molecule has 0 N–H and O–H groups in total. The second kappa shape index (κ2) is 5.35. The fraction of sp³-hybridized carbons (Fsp3) is 0.533. The molecule has 1 aromatic rings. The Morgan fingerprint density at radius 1 is 1.17 bits per heavy atom. The van der Waals surface area contributed by atoms with Crippen LogP contribution >= 0.6 is 11.8 Å². The van der Waals surface area contributed by atoms with E-state index in [1.807, 2.05) is 11.8 Å². The highest BCUT2D eigenvalue weighted by Gasteiger charge is 2.28. The minimum atomic E-state index is 0.288. The van der Waals surface area contributed by atoms with Gasteiger partial charge in [-0.3, -0.25) is 4.79 Å². The molecule has 3 heteroatoms. The van der Waals surface area contributed by atoms with E-state index in [1.165, 1.54) is 11.1 Å². The van der Waals surface area contributed by atoms with Gasteiger partial charge in [0.25, 0.3) is 0 Å². The maximum absolute atomic E-state index is 12.5. The summed E-state index contributed by atoms with van der Waals surface area (Å²) in [6.45, 7) is 1.72. The Bertz CT molecular complexity index is 440. The molecule has 2 heterocycles. The molecular weight excluding hydrogens is 242 g/mol. The molecule has 18 heavy (non-hydrogen) atoms. The number of hydrogen-bond donors (Lipinski definition) is 0. The van der Waals surface area contributed by atoms with Gasteiger partial charge in [-0.05, 0) is 41.9 Å². The predicted octanol–water partition coefficient (Wildman–Crippen LogP) is 2.71. The van der Waals surface area contributed by atoms with Gasteiger partial charge in [-0.2, -0.15) is 11.8 Å². The van der Waals surface area contributed by atoms with E-state index in [2.05, 4.69) is 29.2 Å². The van der Waals surface area contributed by atoms with Crippen molar-refractivity contribution >= 4 is 17.7 Å². The van der Waals surface area contributed by atoms with Crippen molar-refractivity contribution in [2.45, 2.75) is 25.8 Å². The smallest absolute Gasteiger partial charge is 0.226 e. The molecule has 1 fully saturated rings. The van der Waals surface area contributed by atoms with Crippen molar-refractivity contribution in [1.29, 1.82) is 0 Å². The van der Waals surface area contributed by atoms with E-state index in [0.717, 1.165) is 43.9 Å². The number of amides is 1. The first-order chi connectivity index (χ1) is 8.84. The van der Waals surface area contributed by atoms with E-state index in [1.54, 1.807) is 0 Å². The molecule has 96 valence electrons. The molecule has 1 saturated heterocycles. The number of hydrogen-bond acceptors (Lipinski definition) is 2. The van der Waals surface area contributed by atoms with Crippen LogP contribution in [0, 0.1) is 5.92 Å². The van der Waals surface area contributed by atoms with Crippen LogP contribution in [0.2, 0.25) is 0 Å². The van der Waals surface area contributed by atoms with E-state index < -0.39 is 0 Å². The Labute approximate surface area is 113 Å². The molecule has 0 aliphatic carbocycles. The lowest BCUT2D eigenvalue weighted by Gasteiger charge is -2.33. The van der Waals surface area contributed by atoms with Crippen molar-refractivity contribution < 1.29 is 4.79 Å². The van der Waals surface area contributed by atoms with Gasteiger partial charge >= 0.3 is 0 Å². The van der Waals surface area contributed by atoms with Gasteiger partial charge in [-0.1, -0.05) is 24.3 Å². The highest BCUT2D eigenvalue weighted by molar-refractivity contribution is 7.99. The highest BCUT2D eigenvalue weighted by atomic mass is 32.2. The molecule has 1 amide bonds. The molecule has 2 aliphatic heterocycles. The third kappa shape index (κ3) is 2.41.